The van der Waals surface area contributed by atoms with E-state index in [9.17, 15) is 9.59 Å². The summed E-state index contributed by atoms with van der Waals surface area (Å²) in [5, 5.41) is -0.0193. The summed E-state index contributed by atoms with van der Waals surface area (Å²) in [5.74, 6) is 3.40. The van der Waals surface area contributed by atoms with Crippen LogP contribution < -0.4 is 0 Å². The van der Waals surface area contributed by atoms with Crippen molar-refractivity contribution in [3.8, 4) is 0 Å². The fourth-order valence-corrected chi connectivity index (χ4v) is 6.75. The monoisotopic (exact) mass is 308 g/mol. The Morgan fingerprint density at radius 2 is 1.67 bits per heavy atom. The van der Waals surface area contributed by atoms with E-state index in [1.165, 1.54) is 19.3 Å². The minimum atomic E-state index is -0.157. The van der Waals surface area contributed by atoms with Gasteiger partial charge in [-0.15, -0.1) is 11.8 Å². The Kier molecular flexibility index (Phi) is 3.55. The number of hydrogen-bond donors (Lipinski definition) is 0. The zero-order chi connectivity index (χ0) is 14.4. The third kappa shape index (κ3) is 2.54. The molecule has 4 bridgehead atoms. The highest BCUT2D eigenvalue weighted by Gasteiger charge is 2.54. The van der Waals surface area contributed by atoms with Crippen LogP contribution in [-0.4, -0.2) is 29.4 Å². The molecule has 0 radical (unpaired) electrons. The lowest BCUT2D eigenvalue weighted by Crippen LogP contribution is -2.51. The van der Waals surface area contributed by atoms with Crippen LogP contribution in [0.3, 0.4) is 0 Å². The van der Waals surface area contributed by atoms with Crippen LogP contribution in [0.5, 0.6) is 0 Å². The van der Waals surface area contributed by atoms with Crippen LogP contribution in [0, 0.1) is 23.2 Å². The number of thioether (sulfide) groups is 1. The van der Waals surface area contributed by atoms with Crippen LogP contribution in [0.15, 0.2) is 0 Å². The van der Waals surface area contributed by atoms with E-state index in [-0.39, 0.29) is 29.0 Å². The normalized spacial score (nSPS) is 44.0. The Balaban J connectivity index is 1.37. The first-order chi connectivity index (χ1) is 10.1. The zero-order valence-electron chi connectivity index (χ0n) is 12.5. The molecule has 5 fully saturated rings. The molecule has 4 heteroatoms. The lowest BCUT2D eigenvalue weighted by molar-refractivity contribution is -0.157. The van der Waals surface area contributed by atoms with Crippen molar-refractivity contribution in [1.82, 2.24) is 0 Å². The molecule has 0 spiro atoms. The summed E-state index contributed by atoms with van der Waals surface area (Å²) in [6, 6.07) is 0. The first kappa shape index (κ1) is 14.1. The number of ether oxygens (including phenoxy) is 1. The molecule has 1 heterocycles. The van der Waals surface area contributed by atoms with Crippen molar-refractivity contribution >= 4 is 23.5 Å². The van der Waals surface area contributed by atoms with Gasteiger partial charge in [-0.3, -0.25) is 9.59 Å². The SMILES string of the molecule is O=C(OCC(=O)C12CC3CC(CC(C3)C1)C2)[C@@H]1CCCS1. The van der Waals surface area contributed by atoms with Gasteiger partial charge in [-0.25, -0.2) is 0 Å². The van der Waals surface area contributed by atoms with Gasteiger partial charge in [0.2, 0.25) is 0 Å². The molecule has 1 atom stereocenters. The Morgan fingerprint density at radius 3 is 2.19 bits per heavy atom. The van der Waals surface area contributed by atoms with Crippen molar-refractivity contribution in [2.75, 3.05) is 12.4 Å². The second-order valence-corrected chi connectivity index (χ2v) is 9.04. The van der Waals surface area contributed by atoms with Gasteiger partial charge in [-0.1, -0.05) is 0 Å². The quantitative estimate of drug-likeness (QED) is 0.748. The summed E-state index contributed by atoms with van der Waals surface area (Å²) in [6.07, 6.45) is 9.21. The van der Waals surface area contributed by atoms with Gasteiger partial charge in [0.25, 0.3) is 0 Å². The van der Waals surface area contributed by atoms with E-state index < -0.39 is 0 Å². The van der Waals surface area contributed by atoms with E-state index >= 15 is 0 Å². The van der Waals surface area contributed by atoms with Crippen molar-refractivity contribution in [3.63, 3.8) is 0 Å². The number of rotatable bonds is 4. The Morgan fingerprint density at radius 1 is 1.05 bits per heavy atom. The second kappa shape index (κ2) is 5.29. The topological polar surface area (TPSA) is 43.4 Å². The van der Waals surface area contributed by atoms with Crippen molar-refractivity contribution in [2.24, 2.45) is 23.2 Å². The molecule has 5 rings (SSSR count). The summed E-state index contributed by atoms with van der Waals surface area (Å²) in [6.45, 7) is 0.0298. The fraction of sp³-hybridized carbons (Fsp3) is 0.882. The second-order valence-electron chi connectivity index (χ2n) is 7.73. The molecule has 0 N–H and O–H groups in total. The van der Waals surface area contributed by atoms with Crippen LogP contribution in [0.1, 0.15) is 51.4 Å². The van der Waals surface area contributed by atoms with Crippen LogP contribution in [0.25, 0.3) is 0 Å². The number of ketones is 1. The Labute approximate surface area is 130 Å². The maximum Gasteiger partial charge on any atom is 0.319 e. The third-order valence-electron chi connectivity index (χ3n) is 6.17. The highest BCUT2D eigenvalue weighted by Crippen LogP contribution is 2.60. The van der Waals surface area contributed by atoms with E-state index in [0.717, 1.165) is 55.6 Å². The molecule has 5 aliphatic rings. The van der Waals surface area contributed by atoms with Gasteiger partial charge in [0, 0.05) is 5.41 Å². The molecule has 0 aromatic rings. The molecule has 1 saturated heterocycles. The largest absolute Gasteiger partial charge is 0.457 e. The number of esters is 1. The minimum Gasteiger partial charge on any atom is -0.457 e. The van der Waals surface area contributed by atoms with Crippen LogP contribution in [0.2, 0.25) is 0 Å². The van der Waals surface area contributed by atoms with Crippen LogP contribution in [-0.2, 0) is 14.3 Å². The summed E-state index contributed by atoms with van der Waals surface area (Å²) in [7, 11) is 0. The van der Waals surface area contributed by atoms with E-state index in [2.05, 4.69) is 0 Å². The molecular formula is C17H24O3S. The standard InChI is InChI=1S/C17H24O3S/c18-15(10-20-16(19)14-2-1-3-21-14)17-7-11-4-12(8-17)6-13(5-11)9-17/h11-14H,1-10H2/t11?,12?,13?,14-,17?/m0/s1. The average Bonchev–Trinajstić information content (AvgIpc) is 2.97. The summed E-state index contributed by atoms with van der Waals surface area (Å²) in [4.78, 5) is 24.7. The summed E-state index contributed by atoms with van der Waals surface area (Å²) >= 11 is 1.68. The predicted molar refractivity (Wildman–Crippen MR) is 82.1 cm³/mol. The van der Waals surface area contributed by atoms with Gasteiger partial charge < -0.3 is 4.74 Å². The van der Waals surface area contributed by atoms with Gasteiger partial charge >= 0.3 is 5.97 Å². The van der Waals surface area contributed by atoms with Gasteiger partial charge in [0.15, 0.2) is 12.4 Å². The average molecular weight is 308 g/mol. The van der Waals surface area contributed by atoms with E-state index in [0.29, 0.717) is 0 Å². The lowest BCUT2D eigenvalue weighted by Gasteiger charge is -2.55. The van der Waals surface area contributed by atoms with Gasteiger partial charge in [0.1, 0.15) is 5.25 Å². The minimum absolute atomic E-state index is 0.0193. The van der Waals surface area contributed by atoms with Crippen molar-refractivity contribution in [3.05, 3.63) is 0 Å². The van der Waals surface area contributed by atoms with Crippen LogP contribution >= 0.6 is 11.8 Å². The molecule has 4 saturated carbocycles. The number of Topliss-reactive ketones (excluding diaryl/α,β-unsaturated/α-hetero) is 1. The molecule has 21 heavy (non-hydrogen) atoms. The summed E-state index contributed by atoms with van der Waals surface area (Å²) in [5.41, 5.74) is -0.127. The van der Waals surface area contributed by atoms with Gasteiger partial charge in [-0.05, 0) is 74.9 Å². The van der Waals surface area contributed by atoms with Crippen molar-refractivity contribution < 1.29 is 14.3 Å². The first-order valence-corrected chi connectivity index (χ1v) is 9.51. The van der Waals surface area contributed by atoms with E-state index in [1.54, 1.807) is 11.8 Å². The van der Waals surface area contributed by atoms with Crippen LogP contribution in [0.4, 0.5) is 0 Å². The van der Waals surface area contributed by atoms with Gasteiger partial charge in [-0.2, -0.15) is 0 Å². The molecule has 0 amide bonds. The number of hydrogen-bond acceptors (Lipinski definition) is 4. The molecule has 0 aromatic carbocycles. The molecule has 1 aliphatic heterocycles. The number of carbonyl (C=O) groups is 2. The molecule has 116 valence electrons. The maximum atomic E-state index is 12.7. The lowest BCUT2D eigenvalue weighted by atomic mass is 9.48. The van der Waals surface area contributed by atoms with E-state index in [4.69, 9.17) is 4.74 Å². The molecule has 0 aromatic heterocycles. The smallest absolute Gasteiger partial charge is 0.319 e. The predicted octanol–water partition coefficient (Wildman–Crippen LogP) is 3.21. The Hall–Kier alpha value is -0.510. The third-order valence-corrected chi connectivity index (χ3v) is 7.52. The first-order valence-electron chi connectivity index (χ1n) is 8.46. The maximum absolute atomic E-state index is 12.7. The summed E-state index contributed by atoms with van der Waals surface area (Å²) < 4.78 is 5.37. The highest BCUT2D eigenvalue weighted by atomic mass is 32.2. The van der Waals surface area contributed by atoms with Crippen molar-refractivity contribution in [2.45, 2.75) is 56.6 Å². The highest BCUT2D eigenvalue weighted by molar-refractivity contribution is 8.00. The Bertz CT molecular complexity index is 418. The van der Waals surface area contributed by atoms with Crippen molar-refractivity contribution in [1.29, 1.82) is 0 Å². The van der Waals surface area contributed by atoms with Gasteiger partial charge in [0.05, 0.1) is 0 Å². The molecular weight excluding hydrogens is 284 g/mol. The molecule has 0 unspecified atom stereocenters. The zero-order valence-corrected chi connectivity index (χ0v) is 13.3. The molecule has 3 nitrogen and oxygen atoms in total. The fourth-order valence-electron chi connectivity index (χ4n) is 5.60. The molecule has 4 aliphatic carbocycles. The number of carbonyl (C=O) groups excluding carboxylic acids is 2. The van der Waals surface area contributed by atoms with E-state index in [1.807, 2.05) is 0 Å².